The van der Waals surface area contributed by atoms with Gasteiger partial charge in [0.15, 0.2) is 0 Å². The van der Waals surface area contributed by atoms with Gasteiger partial charge in [-0.05, 0) is 0 Å². The van der Waals surface area contributed by atoms with Gasteiger partial charge in [0, 0.05) is 11.6 Å². The molecule has 3 nitrogen and oxygen atoms in total. The predicted molar refractivity (Wildman–Crippen MR) is 36.5 cm³/mol. The summed E-state index contributed by atoms with van der Waals surface area (Å²) in [6, 6.07) is 0.666. The lowest BCUT2D eigenvalue weighted by Gasteiger charge is -1.97. The minimum Gasteiger partial charge on any atom is -0.310 e. The summed E-state index contributed by atoms with van der Waals surface area (Å²) in [7, 11) is 0. The highest BCUT2D eigenvalue weighted by Crippen LogP contribution is 2.23. The van der Waals surface area contributed by atoms with Crippen LogP contribution in [0.15, 0.2) is 6.07 Å². The van der Waals surface area contributed by atoms with Crippen LogP contribution in [0.25, 0.3) is 0 Å². The highest BCUT2D eigenvalue weighted by atomic mass is 19.1. The van der Waals surface area contributed by atoms with Crippen molar-refractivity contribution in [3.05, 3.63) is 23.4 Å². The molecule has 62 valence electrons. The van der Waals surface area contributed by atoms with E-state index in [0.717, 1.165) is 0 Å². The number of hydrogen-bond donors (Lipinski definition) is 1. The molecule has 0 fully saturated rings. The summed E-state index contributed by atoms with van der Waals surface area (Å²) in [5.41, 5.74) is 0.140. The molecule has 12 heavy (non-hydrogen) atoms. The van der Waals surface area contributed by atoms with Gasteiger partial charge in [-0.1, -0.05) is 0 Å². The fourth-order valence-electron chi connectivity index (χ4n) is 1.12. The van der Waals surface area contributed by atoms with Crippen molar-refractivity contribution in [1.82, 2.24) is 4.98 Å². The molecule has 0 aromatic carbocycles. The molecule has 1 aliphatic rings. The Labute approximate surface area is 66.4 Å². The summed E-state index contributed by atoms with van der Waals surface area (Å²) in [6.07, 6.45) is -0.0611. The van der Waals surface area contributed by atoms with Crippen molar-refractivity contribution in [1.29, 1.82) is 0 Å². The average Bonchev–Trinajstić information content (AvgIpc) is 2.29. The Balaban J connectivity index is 2.59. The summed E-state index contributed by atoms with van der Waals surface area (Å²) in [5.74, 6) is -2.01. The lowest BCUT2D eigenvalue weighted by atomic mass is 10.2. The number of rotatable bonds is 0. The van der Waals surface area contributed by atoms with Crippen LogP contribution in [0.3, 0.4) is 0 Å². The largest absolute Gasteiger partial charge is 0.310 e. The number of halogens is 2. The highest BCUT2D eigenvalue weighted by Gasteiger charge is 2.23. The zero-order valence-electron chi connectivity index (χ0n) is 5.90. The third kappa shape index (κ3) is 0.939. The smallest absolute Gasteiger partial charge is 0.230 e. The van der Waals surface area contributed by atoms with Crippen LogP contribution in [0.4, 0.5) is 14.6 Å². The van der Waals surface area contributed by atoms with E-state index >= 15 is 0 Å². The van der Waals surface area contributed by atoms with Crippen LogP contribution in [0.2, 0.25) is 0 Å². The molecule has 0 unspecified atom stereocenters. The van der Waals surface area contributed by atoms with Gasteiger partial charge in [-0.25, -0.2) is 9.37 Å². The Morgan fingerprint density at radius 3 is 3.00 bits per heavy atom. The third-order valence-corrected chi connectivity index (χ3v) is 1.63. The first-order chi connectivity index (χ1) is 5.66. The minimum atomic E-state index is -0.923. The van der Waals surface area contributed by atoms with Crippen LogP contribution in [0.5, 0.6) is 0 Å². The van der Waals surface area contributed by atoms with Crippen LogP contribution < -0.4 is 5.32 Å². The van der Waals surface area contributed by atoms with E-state index in [9.17, 15) is 13.6 Å². The molecule has 5 heteroatoms. The number of carbonyl (C=O) groups excluding carboxylic acids is 1. The summed E-state index contributed by atoms with van der Waals surface area (Å²) in [6.45, 7) is 0. The van der Waals surface area contributed by atoms with E-state index in [0.29, 0.717) is 6.07 Å². The molecular formula is C7H4F2N2O. The lowest BCUT2D eigenvalue weighted by molar-refractivity contribution is -0.115. The zero-order chi connectivity index (χ0) is 8.72. The van der Waals surface area contributed by atoms with Gasteiger partial charge in [-0.2, -0.15) is 4.39 Å². The Bertz CT molecular complexity index is 365. The maximum atomic E-state index is 12.9. The average molecular weight is 170 g/mol. The van der Waals surface area contributed by atoms with E-state index < -0.39 is 11.8 Å². The first-order valence-electron chi connectivity index (χ1n) is 3.31. The molecule has 0 radical (unpaired) electrons. The van der Waals surface area contributed by atoms with E-state index in [4.69, 9.17) is 0 Å². The molecule has 0 atom stereocenters. The van der Waals surface area contributed by atoms with Crippen molar-refractivity contribution in [2.45, 2.75) is 6.42 Å². The monoisotopic (exact) mass is 170 g/mol. The molecular weight excluding hydrogens is 166 g/mol. The molecule has 2 rings (SSSR count). The zero-order valence-corrected chi connectivity index (χ0v) is 5.90. The number of amides is 1. The number of anilines is 1. The number of nitrogens with zero attached hydrogens (tertiary/aromatic N) is 1. The molecule has 2 heterocycles. The topological polar surface area (TPSA) is 42.0 Å². The van der Waals surface area contributed by atoms with Crippen LogP contribution in [0, 0.1) is 11.8 Å². The SMILES string of the molecule is O=C1Cc2c(F)cc(F)nc2N1. The number of aromatic nitrogens is 1. The summed E-state index contributed by atoms with van der Waals surface area (Å²) in [5, 5.41) is 2.25. The Kier molecular flexibility index (Phi) is 1.33. The van der Waals surface area contributed by atoms with Crippen molar-refractivity contribution >= 4 is 11.7 Å². The van der Waals surface area contributed by atoms with Crippen molar-refractivity contribution in [2.75, 3.05) is 5.32 Å². The van der Waals surface area contributed by atoms with Crippen molar-refractivity contribution in [2.24, 2.45) is 0 Å². The molecule has 1 aliphatic heterocycles. The van der Waals surface area contributed by atoms with Crippen LogP contribution >= 0.6 is 0 Å². The fraction of sp³-hybridized carbons (Fsp3) is 0.143. The van der Waals surface area contributed by atoms with E-state index in [2.05, 4.69) is 10.3 Å². The van der Waals surface area contributed by atoms with E-state index in [1.807, 2.05) is 0 Å². The second-order valence-corrected chi connectivity index (χ2v) is 2.48. The first-order valence-corrected chi connectivity index (χ1v) is 3.31. The van der Waals surface area contributed by atoms with Gasteiger partial charge in [0.25, 0.3) is 0 Å². The number of hydrogen-bond acceptors (Lipinski definition) is 2. The molecule has 1 aromatic rings. The maximum absolute atomic E-state index is 12.9. The molecule has 0 spiro atoms. The molecule has 0 bridgehead atoms. The second-order valence-electron chi connectivity index (χ2n) is 2.48. The Morgan fingerprint density at radius 1 is 1.50 bits per heavy atom. The standard InChI is InChI=1S/C7H4F2N2O/c8-4-2-5(9)10-7-3(4)1-6(12)11-7/h2H,1H2,(H,10,11,12). The molecule has 0 saturated carbocycles. The van der Waals surface area contributed by atoms with Gasteiger partial charge in [-0.15, -0.1) is 0 Å². The quantitative estimate of drug-likeness (QED) is 0.586. The number of pyridine rings is 1. The van der Waals surface area contributed by atoms with Crippen LogP contribution in [-0.4, -0.2) is 10.9 Å². The third-order valence-electron chi connectivity index (χ3n) is 1.63. The normalized spacial score (nSPS) is 14.3. The van der Waals surface area contributed by atoms with Gasteiger partial charge >= 0.3 is 0 Å². The maximum Gasteiger partial charge on any atom is 0.230 e. The van der Waals surface area contributed by atoms with Gasteiger partial charge in [0.1, 0.15) is 11.6 Å². The van der Waals surface area contributed by atoms with E-state index in [1.54, 1.807) is 0 Å². The van der Waals surface area contributed by atoms with Crippen molar-refractivity contribution < 1.29 is 13.6 Å². The highest BCUT2D eigenvalue weighted by molar-refractivity contribution is 5.97. The lowest BCUT2D eigenvalue weighted by Crippen LogP contribution is -2.04. The van der Waals surface area contributed by atoms with E-state index in [-0.39, 0.29) is 23.7 Å². The Morgan fingerprint density at radius 2 is 2.25 bits per heavy atom. The summed E-state index contributed by atoms with van der Waals surface area (Å²) < 4.78 is 25.3. The van der Waals surface area contributed by atoms with Gasteiger partial charge in [-0.3, -0.25) is 4.79 Å². The van der Waals surface area contributed by atoms with Crippen LogP contribution in [0.1, 0.15) is 5.56 Å². The van der Waals surface area contributed by atoms with Gasteiger partial charge in [0.2, 0.25) is 11.9 Å². The summed E-state index contributed by atoms with van der Waals surface area (Å²) in [4.78, 5) is 14.0. The molecule has 1 amide bonds. The minimum absolute atomic E-state index is 0.00231. The van der Waals surface area contributed by atoms with Crippen molar-refractivity contribution in [3.8, 4) is 0 Å². The molecule has 0 aliphatic carbocycles. The molecule has 1 N–H and O–H groups in total. The summed E-state index contributed by atoms with van der Waals surface area (Å²) >= 11 is 0. The first kappa shape index (κ1) is 7.15. The van der Waals surface area contributed by atoms with Crippen molar-refractivity contribution in [3.63, 3.8) is 0 Å². The second kappa shape index (κ2) is 2.23. The number of carbonyl (C=O) groups is 1. The number of nitrogens with one attached hydrogen (secondary N) is 1. The predicted octanol–water partition coefficient (Wildman–Crippen LogP) is 0.854. The van der Waals surface area contributed by atoms with Gasteiger partial charge < -0.3 is 5.32 Å². The molecule has 0 saturated heterocycles. The van der Waals surface area contributed by atoms with E-state index in [1.165, 1.54) is 0 Å². The number of fused-ring (bicyclic) bond motifs is 1. The fourth-order valence-corrected chi connectivity index (χ4v) is 1.12. The Hall–Kier alpha value is -1.52. The molecule has 1 aromatic heterocycles. The van der Waals surface area contributed by atoms with Crippen LogP contribution in [-0.2, 0) is 11.2 Å². The van der Waals surface area contributed by atoms with Gasteiger partial charge in [0.05, 0.1) is 6.42 Å².